The third kappa shape index (κ3) is 2.91. The van der Waals surface area contributed by atoms with E-state index in [-0.39, 0.29) is 5.76 Å². The summed E-state index contributed by atoms with van der Waals surface area (Å²) >= 11 is 0. The van der Waals surface area contributed by atoms with Gasteiger partial charge in [0.2, 0.25) is 5.76 Å². The van der Waals surface area contributed by atoms with E-state index in [1.54, 1.807) is 13.0 Å². The molecule has 0 aromatic carbocycles. The summed E-state index contributed by atoms with van der Waals surface area (Å²) in [7, 11) is 0. The molecule has 0 amide bonds. The molecule has 0 bridgehead atoms. The van der Waals surface area contributed by atoms with E-state index in [0.29, 0.717) is 24.3 Å². The lowest BCUT2D eigenvalue weighted by Crippen LogP contribution is -2.41. The molecule has 0 saturated carbocycles. The molecule has 2 atom stereocenters. The van der Waals surface area contributed by atoms with E-state index in [1.165, 1.54) is 0 Å². The average Bonchev–Trinajstić information content (AvgIpc) is 2.70. The summed E-state index contributed by atoms with van der Waals surface area (Å²) in [6.07, 6.45) is 0.990. The van der Waals surface area contributed by atoms with Crippen LogP contribution in [0.3, 0.4) is 0 Å². The van der Waals surface area contributed by atoms with Crippen LogP contribution in [0, 0.1) is 12.8 Å². The van der Waals surface area contributed by atoms with E-state index in [2.05, 4.69) is 12.2 Å². The second kappa shape index (κ2) is 5.54. The van der Waals surface area contributed by atoms with Crippen molar-refractivity contribution in [2.75, 3.05) is 13.2 Å². The van der Waals surface area contributed by atoms with E-state index in [4.69, 9.17) is 14.3 Å². The van der Waals surface area contributed by atoms with Crippen molar-refractivity contribution in [2.45, 2.75) is 32.9 Å². The Hall–Kier alpha value is -1.33. The highest BCUT2D eigenvalue weighted by molar-refractivity contribution is 5.84. The number of carboxylic acids is 1. The predicted octanol–water partition coefficient (Wildman–Crippen LogP) is 1.80. The Morgan fingerprint density at radius 1 is 1.61 bits per heavy atom. The van der Waals surface area contributed by atoms with Gasteiger partial charge in [0.05, 0.1) is 6.61 Å². The molecule has 1 fully saturated rings. The molecule has 1 aromatic heterocycles. The van der Waals surface area contributed by atoms with Crippen molar-refractivity contribution < 1.29 is 19.1 Å². The van der Waals surface area contributed by atoms with Crippen LogP contribution in [0.5, 0.6) is 0 Å². The maximum atomic E-state index is 10.8. The second-order valence-electron chi connectivity index (χ2n) is 4.83. The maximum absolute atomic E-state index is 10.8. The van der Waals surface area contributed by atoms with Gasteiger partial charge in [-0.25, -0.2) is 4.79 Å². The van der Waals surface area contributed by atoms with Gasteiger partial charge in [-0.1, -0.05) is 6.92 Å². The molecule has 2 rings (SSSR count). The lowest BCUT2D eigenvalue weighted by atomic mass is 9.97. The van der Waals surface area contributed by atoms with Crippen LogP contribution in [-0.4, -0.2) is 30.3 Å². The van der Waals surface area contributed by atoms with Crippen LogP contribution in [0.15, 0.2) is 10.5 Å². The van der Waals surface area contributed by atoms with E-state index in [1.807, 2.05) is 0 Å². The molecule has 1 saturated heterocycles. The number of hydrogen-bond donors (Lipinski definition) is 2. The van der Waals surface area contributed by atoms with Crippen molar-refractivity contribution in [1.82, 2.24) is 5.32 Å². The molecule has 2 unspecified atom stereocenters. The Labute approximate surface area is 106 Å². The molecule has 5 heteroatoms. The van der Waals surface area contributed by atoms with Gasteiger partial charge >= 0.3 is 5.97 Å². The predicted molar refractivity (Wildman–Crippen MR) is 65.6 cm³/mol. The zero-order valence-corrected chi connectivity index (χ0v) is 10.7. The molecular formula is C13H19NO4. The van der Waals surface area contributed by atoms with Crippen molar-refractivity contribution in [3.05, 3.63) is 23.2 Å². The Balaban J connectivity index is 1.95. The molecule has 18 heavy (non-hydrogen) atoms. The Morgan fingerprint density at radius 2 is 2.39 bits per heavy atom. The van der Waals surface area contributed by atoms with Gasteiger partial charge in [-0.2, -0.15) is 0 Å². The topological polar surface area (TPSA) is 71.7 Å². The molecule has 2 N–H and O–H groups in total. The SMILES string of the molecule is Cc1oc(C(=O)O)cc1CNC1CCOCC1C. The summed E-state index contributed by atoms with van der Waals surface area (Å²) < 4.78 is 10.6. The zero-order chi connectivity index (χ0) is 13.1. The summed E-state index contributed by atoms with van der Waals surface area (Å²) in [4.78, 5) is 10.8. The number of rotatable bonds is 4. The van der Waals surface area contributed by atoms with Gasteiger partial charge in [0.1, 0.15) is 5.76 Å². The molecule has 1 aromatic rings. The molecule has 0 spiro atoms. The summed E-state index contributed by atoms with van der Waals surface area (Å²) in [6.45, 7) is 6.14. The van der Waals surface area contributed by atoms with Crippen molar-refractivity contribution >= 4 is 5.97 Å². The minimum atomic E-state index is -1.02. The van der Waals surface area contributed by atoms with Crippen LogP contribution in [0.1, 0.15) is 35.2 Å². The van der Waals surface area contributed by atoms with Crippen molar-refractivity contribution in [3.63, 3.8) is 0 Å². The van der Waals surface area contributed by atoms with Crippen molar-refractivity contribution in [2.24, 2.45) is 5.92 Å². The number of furan rings is 1. The fourth-order valence-corrected chi connectivity index (χ4v) is 2.23. The van der Waals surface area contributed by atoms with E-state index >= 15 is 0 Å². The van der Waals surface area contributed by atoms with Gasteiger partial charge in [-0.15, -0.1) is 0 Å². The quantitative estimate of drug-likeness (QED) is 0.856. The highest BCUT2D eigenvalue weighted by Gasteiger charge is 2.22. The summed E-state index contributed by atoms with van der Waals surface area (Å²) in [6, 6.07) is 2.01. The molecule has 0 radical (unpaired) electrons. The highest BCUT2D eigenvalue weighted by atomic mass is 16.5. The van der Waals surface area contributed by atoms with Crippen LogP contribution in [0.25, 0.3) is 0 Å². The van der Waals surface area contributed by atoms with Gasteiger partial charge in [0.15, 0.2) is 0 Å². The van der Waals surface area contributed by atoms with Gasteiger partial charge < -0.3 is 19.6 Å². The highest BCUT2D eigenvalue weighted by Crippen LogP contribution is 2.17. The standard InChI is InChI=1S/C13H19NO4/c1-8-7-17-4-3-11(8)14-6-10-5-12(13(15)16)18-9(10)2/h5,8,11,14H,3-4,6-7H2,1-2H3,(H,15,16). The van der Waals surface area contributed by atoms with E-state index in [0.717, 1.165) is 25.2 Å². The van der Waals surface area contributed by atoms with Crippen LogP contribution >= 0.6 is 0 Å². The first-order chi connectivity index (χ1) is 8.58. The Kier molecular flexibility index (Phi) is 4.04. The Bertz CT molecular complexity index is 427. The molecule has 2 heterocycles. The van der Waals surface area contributed by atoms with Crippen LogP contribution < -0.4 is 5.32 Å². The van der Waals surface area contributed by atoms with E-state index in [9.17, 15) is 4.79 Å². The summed E-state index contributed by atoms with van der Waals surface area (Å²) in [5, 5.41) is 12.3. The van der Waals surface area contributed by atoms with Gasteiger partial charge in [0, 0.05) is 24.8 Å². The van der Waals surface area contributed by atoms with E-state index < -0.39 is 5.97 Å². The molecule has 5 nitrogen and oxygen atoms in total. The smallest absolute Gasteiger partial charge is 0.371 e. The molecule has 100 valence electrons. The molecule has 1 aliphatic heterocycles. The van der Waals surface area contributed by atoms with Crippen molar-refractivity contribution in [1.29, 1.82) is 0 Å². The van der Waals surface area contributed by atoms with Crippen molar-refractivity contribution in [3.8, 4) is 0 Å². The number of aryl methyl sites for hydroxylation is 1. The summed E-state index contributed by atoms with van der Waals surface area (Å²) in [5.74, 6) is 0.123. The van der Waals surface area contributed by atoms with Gasteiger partial charge in [-0.05, 0) is 25.3 Å². The zero-order valence-electron chi connectivity index (χ0n) is 10.7. The number of carbonyl (C=O) groups is 1. The molecular weight excluding hydrogens is 234 g/mol. The maximum Gasteiger partial charge on any atom is 0.371 e. The number of carboxylic acid groups (broad SMARTS) is 1. The van der Waals surface area contributed by atoms with Gasteiger partial charge in [-0.3, -0.25) is 0 Å². The lowest BCUT2D eigenvalue weighted by Gasteiger charge is -2.29. The number of ether oxygens (including phenoxy) is 1. The van der Waals surface area contributed by atoms with Gasteiger partial charge in [0.25, 0.3) is 0 Å². The van der Waals surface area contributed by atoms with Crippen LogP contribution in [0.2, 0.25) is 0 Å². The largest absolute Gasteiger partial charge is 0.475 e. The minimum Gasteiger partial charge on any atom is -0.475 e. The van der Waals surface area contributed by atoms with Crippen LogP contribution in [-0.2, 0) is 11.3 Å². The first kappa shape index (κ1) is 13.1. The number of aromatic carboxylic acids is 1. The molecule has 1 aliphatic rings. The number of hydrogen-bond acceptors (Lipinski definition) is 4. The number of nitrogens with one attached hydrogen (secondary N) is 1. The first-order valence-electron chi connectivity index (χ1n) is 6.21. The minimum absolute atomic E-state index is 0.00401. The third-order valence-corrected chi connectivity index (χ3v) is 3.43. The second-order valence-corrected chi connectivity index (χ2v) is 4.83. The third-order valence-electron chi connectivity index (χ3n) is 3.43. The summed E-state index contributed by atoms with van der Waals surface area (Å²) in [5.41, 5.74) is 0.908. The fraction of sp³-hybridized carbons (Fsp3) is 0.615. The monoisotopic (exact) mass is 253 g/mol. The van der Waals surface area contributed by atoms with Crippen LogP contribution in [0.4, 0.5) is 0 Å². The Morgan fingerprint density at radius 3 is 3.00 bits per heavy atom. The normalized spacial score (nSPS) is 24.1. The first-order valence-corrected chi connectivity index (χ1v) is 6.21. The lowest BCUT2D eigenvalue weighted by molar-refractivity contribution is 0.0386. The average molecular weight is 253 g/mol. The fourth-order valence-electron chi connectivity index (χ4n) is 2.23. The molecule has 0 aliphatic carbocycles.